The molecule has 1 fully saturated rings. The van der Waals surface area contributed by atoms with Crippen LogP contribution in [-0.2, 0) is 19.5 Å². The van der Waals surface area contributed by atoms with Gasteiger partial charge in [0.15, 0.2) is 5.82 Å². The molecule has 2 heterocycles. The predicted molar refractivity (Wildman–Crippen MR) is 87.4 cm³/mol. The molecule has 11 nitrogen and oxygen atoms in total. The molecule has 0 spiro atoms. The van der Waals surface area contributed by atoms with Crippen molar-refractivity contribution in [1.82, 2.24) is 18.9 Å². The van der Waals surface area contributed by atoms with E-state index in [4.69, 9.17) is 21.1 Å². The Kier molecular flexibility index (Phi) is 6.42. The van der Waals surface area contributed by atoms with Crippen LogP contribution in [0.5, 0.6) is 0 Å². The first-order valence-electron chi connectivity index (χ1n) is 6.93. The minimum Gasteiger partial charge on any atom is -0.382 e. The maximum Gasteiger partial charge on any atom is 0.346 e. The molecule has 1 aromatic rings. The zero-order chi connectivity index (χ0) is 17.7. The number of nitrogen functional groups attached to an aromatic ring is 1. The monoisotopic (exact) mass is 380 g/mol. The molecule has 0 aromatic carbocycles. The summed E-state index contributed by atoms with van der Waals surface area (Å²) in [4.78, 5) is 16.0. The zero-order valence-corrected chi connectivity index (χ0v) is 14.8. The predicted octanol–water partition coefficient (Wildman–Crippen LogP) is -1.08. The normalized spacial score (nSPS) is 16.2. The Morgan fingerprint density at radius 2 is 2.17 bits per heavy atom. The lowest BCUT2D eigenvalue weighted by Crippen LogP contribution is -2.41. The van der Waals surface area contributed by atoms with Crippen LogP contribution in [0.4, 0.5) is 10.6 Å². The van der Waals surface area contributed by atoms with Gasteiger partial charge in [-0.3, -0.25) is 5.01 Å². The lowest BCUT2D eigenvalue weighted by Gasteiger charge is -2.25. The van der Waals surface area contributed by atoms with E-state index in [2.05, 4.69) is 4.98 Å². The number of amides is 1. The lowest BCUT2D eigenvalue weighted by molar-refractivity contribution is 0.0729. The molecule has 0 atom stereocenters. The number of nitrogens with two attached hydrogens (primary N) is 2. The first-order chi connectivity index (χ1) is 11.4. The molecule has 0 saturated carbocycles. The first kappa shape index (κ1) is 19.0. The minimum absolute atomic E-state index is 0.149. The van der Waals surface area contributed by atoms with Gasteiger partial charge in [-0.15, -0.1) is 11.8 Å². The number of anilines is 1. The Labute approximate surface area is 143 Å². The number of hydrogen-bond donors (Lipinski definition) is 2. The van der Waals surface area contributed by atoms with Crippen LogP contribution in [0.15, 0.2) is 11.4 Å². The zero-order valence-electron chi connectivity index (χ0n) is 13.1. The number of hydrogen-bond acceptors (Lipinski definition) is 9. The summed E-state index contributed by atoms with van der Waals surface area (Å²) in [5.74, 6) is 5.87. The van der Waals surface area contributed by atoms with E-state index in [9.17, 15) is 13.2 Å². The molecule has 4 N–H and O–H groups in total. The van der Waals surface area contributed by atoms with Crippen molar-refractivity contribution in [2.24, 2.45) is 5.84 Å². The van der Waals surface area contributed by atoms with E-state index in [1.54, 1.807) is 0 Å². The van der Waals surface area contributed by atoms with Gasteiger partial charge in [-0.1, -0.05) is 0 Å². The molecular formula is C11H20N6O5S2. The van der Waals surface area contributed by atoms with E-state index < -0.39 is 16.1 Å². The van der Waals surface area contributed by atoms with Gasteiger partial charge in [0.2, 0.25) is 5.03 Å². The average Bonchev–Trinajstić information content (AvgIpc) is 2.97. The summed E-state index contributed by atoms with van der Waals surface area (Å²) >= 11 is 1.27. The second-order valence-electron chi connectivity index (χ2n) is 4.81. The molecule has 1 saturated heterocycles. The molecular weight excluding hydrogens is 360 g/mol. The van der Waals surface area contributed by atoms with E-state index >= 15 is 0 Å². The van der Waals surface area contributed by atoms with Gasteiger partial charge in [-0.25, -0.2) is 28.6 Å². The first-order valence-corrected chi connectivity index (χ1v) is 9.53. The van der Waals surface area contributed by atoms with Gasteiger partial charge in [-0.2, -0.15) is 4.31 Å². The van der Waals surface area contributed by atoms with Crippen LogP contribution in [-0.4, -0.2) is 78.5 Å². The fourth-order valence-corrected chi connectivity index (χ4v) is 3.98. The summed E-state index contributed by atoms with van der Waals surface area (Å²) in [6, 6.07) is -0.688. The summed E-state index contributed by atoms with van der Waals surface area (Å²) < 4.78 is 37.2. The maximum atomic E-state index is 12.6. The largest absolute Gasteiger partial charge is 0.382 e. The number of methoxy groups -OCH3 is 1. The topological polar surface area (TPSA) is 146 Å². The molecule has 1 amide bonds. The highest BCUT2D eigenvalue weighted by atomic mass is 32.2. The summed E-state index contributed by atoms with van der Waals surface area (Å²) in [5, 5.41) is 0.531. The number of ether oxygens (including phenoxy) is 2. The second kappa shape index (κ2) is 8.13. The van der Waals surface area contributed by atoms with Crippen molar-refractivity contribution >= 4 is 33.6 Å². The van der Waals surface area contributed by atoms with Crippen molar-refractivity contribution in [2.45, 2.75) is 5.03 Å². The molecule has 2 rings (SSSR count). The molecule has 24 heavy (non-hydrogen) atoms. The van der Waals surface area contributed by atoms with Crippen molar-refractivity contribution in [3.05, 3.63) is 6.33 Å². The van der Waals surface area contributed by atoms with Crippen LogP contribution in [0, 0.1) is 0 Å². The van der Waals surface area contributed by atoms with Gasteiger partial charge in [0.1, 0.15) is 6.33 Å². The molecule has 136 valence electrons. The van der Waals surface area contributed by atoms with Crippen LogP contribution in [0.3, 0.4) is 0 Å². The van der Waals surface area contributed by atoms with E-state index in [1.165, 1.54) is 23.2 Å². The molecule has 1 aromatic heterocycles. The maximum absolute atomic E-state index is 12.6. The van der Waals surface area contributed by atoms with Gasteiger partial charge in [0.05, 0.1) is 25.0 Å². The molecule has 0 radical (unpaired) electrons. The summed E-state index contributed by atoms with van der Waals surface area (Å²) in [6.45, 7) is 1.01. The number of carbonyl (C=O) groups excluding carboxylic acids is 1. The minimum atomic E-state index is -3.89. The van der Waals surface area contributed by atoms with Crippen LogP contribution in [0.2, 0.25) is 0 Å². The number of thioether (sulfide) groups is 1. The fourth-order valence-electron chi connectivity index (χ4n) is 2.01. The lowest BCUT2D eigenvalue weighted by atomic mass is 10.5. The van der Waals surface area contributed by atoms with Crippen LogP contribution < -0.4 is 11.6 Å². The number of sulfonamides is 1. The van der Waals surface area contributed by atoms with Crippen LogP contribution >= 0.6 is 11.8 Å². The Morgan fingerprint density at radius 1 is 1.50 bits per heavy atom. The third-order valence-electron chi connectivity index (χ3n) is 3.21. The van der Waals surface area contributed by atoms with Crippen molar-refractivity contribution in [3.63, 3.8) is 0 Å². The third-order valence-corrected chi connectivity index (χ3v) is 5.92. The highest BCUT2D eigenvalue weighted by Crippen LogP contribution is 2.22. The second-order valence-corrected chi connectivity index (χ2v) is 7.57. The van der Waals surface area contributed by atoms with Gasteiger partial charge < -0.3 is 15.2 Å². The number of aromatic nitrogens is 2. The van der Waals surface area contributed by atoms with Gasteiger partial charge in [0.25, 0.3) is 10.0 Å². The van der Waals surface area contributed by atoms with Crippen molar-refractivity contribution < 1.29 is 22.7 Å². The number of nitrogens with zero attached hydrogens (tertiary/aromatic N) is 4. The Balaban J connectivity index is 2.16. The van der Waals surface area contributed by atoms with Gasteiger partial charge >= 0.3 is 6.03 Å². The van der Waals surface area contributed by atoms with E-state index in [1.807, 2.05) is 0 Å². The summed E-state index contributed by atoms with van der Waals surface area (Å²) in [5.41, 5.74) is 5.82. The Morgan fingerprint density at radius 3 is 2.79 bits per heavy atom. The molecule has 13 heteroatoms. The number of morpholine rings is 1. The standard InChI is InChI=1S/C11H20N6O5S2/c1-21-8-23-7-17(13)11(18)16-6-14-10(9(16)12)24(19,20)15-2-4-22-5-3-15/h6H,2-5,7-8,12-13H2,1H3. The van der Waals surface area contributed by atoms with Gasteiger partial charge in [0, 0.05) is 20.2 Å². The highest BCUT2D eigenvalue weighted by Gasteiger charge is 2.32. The Bertz CT molecular complexity index is 672. The van der Waals surface area contributed by atoms with Crippen molar-refractivity contribution in [2.75, 3.05) is 51.0 Å². The molecule has 0 unspecified atom stereocenters. The SMILES string of the molecule is COCSCN(N)C(=O)n1cnc(S(=O)(=O)N2CCOCC2)c1N. The third kappa shape index (κ3) is 3.99. The van der Waals surface area contributed by atoms with E-state index in [-0.39, 0.29) is 29.8 Å². The molecule has 0 bridgehead atoms. The smallest absolute Gasteiger partial charge is 0.346 e. The number of rotatable bonds is 6. The number of carbonyl (C=O) groups is 1. The quantitative estimate of drug-likeness (QED) is 0.207. The highest BCUT2D eigenvalue weighted by molar-refractivity contribution is 7.99. The fraction of sp³-hybridized carbons (Fsp3) is 0.636. The number of imidazole rings is 1. The molecule has 0 aliphatic carbocycles. The molecule has 1 aliphatic rings. The van der Waals surface area contributed by atoms with E-state index in [0.717, 1.165) is 15.9 Å². The van der Waals surface area contributed by atoms with Crippen LogP contribution in [0.25, 0.3) is 0 Å². The molecule has 1 aliphatic heterocycles. The Hall–Kier alpha value is -1.38. The number of hydrazine groups is 1. The van der Waals surface area contributed by atoms with Crippen molar-refractivity contribution in [3.8, 4) is 0 Å². The van der Waals surface area contributed by atoms with Crippen LogP contribution in [0.1, 0.15) is 0 Å². The van der Waals surface area contributed by atoms with Gasteiger partial charge in [-0.05, 0) is 0 Å². The van der Waals surface area contributed by atoms with E-state index in [0.29, 0.717) is 19.2 Å². The summed E-state index contributed by atoms with van der Waals surface area (Å²) in [6.07, 6.45) is 1.05. The average molecular weight is 380 g/mol. The summed E-state index contributed by atoms with van der Waals surface area (Å²) in [7, 11) is -2.37. The van der Waals surface area contributed by atoms with Crippen molar-refractivity contribution in [1.29, 1.82) is 0 Å².